The van der Waals surface area contributed by atoms with Crippen LogP contribution in [0.25, 0.3) is 0 Å². The topological polar surface area (TPSA) is 9.23 Å². The molecule has 1 atom stereocenters. The summed E-state index contributed by atoms with van der Waals surface area (Å²) in [6.45, 7) is 0. The van der Waals surface area contributed by atoms with Gasteiger partial charge in [0.25, 0.3) is 0 Å². The molecule has 20 heavy (non-hydrogen) atoms. The fraction of sp³-hybridized carbons (Fsp3) is 0.143. The van der Waals surface area contributed by atoms with Crippen LogP contribution in [-0.2, 0) is 0 Å². The summed E-state index contributed by atoms with van der Waals surface area (Å²) in [7, 11) is 1.55. The molecule has 2 rings (SSSR count). The number of hydrogen-bond donors (Lipinski definition) is 0. The van der Waals surface area contributed by atoms with Gasteiger partial charge in [0, 0.05) is 20.6 Å². The first-order chi connectivity index (χ1) is 9.43. The quantitative estimate of drug-likeness (QED) is 0.454. The zero-order valence-corrected chi connectivity index (χ0v) is 15.7. The maximum atomic E-state index is 6.29. The number of rotatable bonds is 3. The Morgan fingerprint density at radius 2 is 1.60 bits per heavy atom. The molecule has 0 aromatic heterocycles. The molecular formula is C14H9Br2Cl3O. The predicted octanol–water partition coefficient (Wildman–Crippen LogP) is 6.90. The molecule has 0 heterocycles. The number of methoxy groups -OCH3 is 1. The lowest BCUT2D eigenvalue weighted by Gasteiger charge is -2.16. The summed E-state index contributed by atoms with van der Waals surface area (Å²) in [5.41, 5.74) is 1.75. The monoisotopic (exact) mass is 456 g/mol. The largest absolute Gasteiger partial charge is 0.495 e. The zero-order chi connectivity index (χ0) is 14.9. The molecule has 2 aromatic rings. The molecule has 0 N–H and O–H groups in total. The Morgan fingerprint density at radius 3 is 2.20 bits per heavy atom. The van der Waals surface area contributed by atoms with Crippen molar-refractivity contribution in [3.8, 4) is 5.75 Å². The third kappa shape index (κ3) is 3.45. The number of ether oxygens (including phenoxy) is 1. The van der Waals surface area contributed by atoms with Gasteiger partial charge < -0.3 is 4.74 Å². The Morgan fingerprint density at radius 1 is 0.950 bits per heavy atom. The van der Waals surface area contributed by atoms with E-state index in [4.69, 9.17) is 39.5 Å². The van der Waals surface area contributed by atoms with Crippen LogP contribution in [0.4, 0.5) is 0 Å². The molecular weight excluding hydrogens is 450 g/mol. The van der Waals surface area contributed by atoms with Gasteiger partial charge in [-0.05, 0) is 29.3 Å². The molecule has 0 aliphatic rings. The molecule has 0 aliphatic heterocycles. The first-order valence-electron chi connectivity index (χ1n) is 5.56. The van der Waals surface area contributed by atoms with Crippen molar-refractivity contribution in [3.63, 3.8) is 0 Å². The van der Waals surface area contributed by atoms with Crippen molar-refractivity contribution in [2.24, 2.45) is 0 Å². The van der Waals surface area contributed by atoms with Gasteiger partial charge >= 0.3 is 0 Å². The minimum Gasteiger partial charge on any atom is -0.495 e. The molecule has 6 heteroatoms. The Kier molecular flexibility index (Phi) is 5.66. The van der Waals surface area contributed by atoms with Gasteiger partial charge in [0.2, 0.25) is 0 Å². The Labute approximate surface area is 149 Å². The minimum atomic E-state index is -0.154. The van der Waals surface area contributed by atoms with Gasteiger partial charge in [0.05, 0.1) is 17.0 Å². The molecule has 2 aromatic carbocycles. The molecule has 106 valence electrons. The first kappa shape index (κ1) is 16.4. The van der Waals surface area contributed by atoms with Gasteiger partial charge in [0.1, 0.15) is 5.75 Å². The number of benzene rings is 2. The van der Waals surface area contributed by atoms with Gasteiger partial charge in [-0.2, -0.15) is 0 Å². The summed E-state index contributed by atoms with van der Waals surface area (Å²) >= 11 is 25.7. The SMILES string of the molecule is COc1cc(Cl)c(C(Br)c2ccc(Br)cc2Cl)cc1Cl. The van der Waals surface area contributed by atoms with E-state index >= 15 is 0 Å². The average Bonchev–Trinajstić information content (AvgIpc) is 2.40. The van der Waals surface area contributed by atoms with Crippen LogP contribution in [0.15, 0.2) is 34.8 Å². The van der Waals surface area contributed by atoms with E-state index in [-0.39, 0.29) is 4.83 Å². The van der Waals surface area contributed by atoms with Crippen molar-refractivity contribution < 1.29 is 4.74 Å². The van der Waals surface area contributed by atoms with Crippen LogP contribution in [0.5, 0.6) is 5.75 Å². The highest BCUT2D eigenvalue weighted by Gasteiger charge is 2.19. The normalized spacial score (nSPS) is 12.3. The van der Waals surface area contributed by atoms with E-state index in [1.54, 1.807) is 19.2 Å². The van der Waals surface area contributed by atoms with Crippen molar-refractivity contribution in [2.75, 3.05) is 7.11 Å². The molecule has 0 fully saturated rings. The molecule has 1 unspecified atom stereocenters. The van der Waals surface area contributed by atoms with E-state index in [1.165, 1.54) is 0 Å². The van der Waals surface area contributed by atoms with Crippen LogP contribution in [0.3, 0.4) is 0 Å². The lowest BCUT2D eigenvalue weighted by molar-refractivity contribution is 0.415. The van der Waals surface area contributed by atoms with Gasteiger partial charge in [-0.3, -0.25) is 0 Å². The number of alkyl halides is 1. The molecule has 0 amide bonds. The maximum Gasteiger partial charge on any atom is 0.138 e. The maximum absolute atomic E-state index is 6.29. The molecule has 0 bridgehead atoms. The van der Waals surface area contributed by atoms with E-state index in [9.17, 15) is 0 Å². The van der Waals surface area contributed by atoms with Crippen molar-refractivity contribution in [3.05, 3.63) is 61.0 Å². The van der Waals surface area contributed by atoms with Gasteiger partial charge in [-0.15, -0.1) is 0 Å². The van der Waals surface area contributed by atoms with Crippen LogP contribution in [-0.4, -0.2) is 7.11 Å². The third-order valence-electron chi connectivity index (χ3n) is 2.78. The second-order valence-electron chi connectivity index (χ2n) is 4.04. The molecule has 0 radical (unpaired) electrons. The van der Waals surface area contributed by atoms with Crippen molar-refractivity contribution in [2.45, 2.75) is 4.83 Å². The molecule has 0 spiro atoms. The highest BCUT2D eigenvalue weighted by Crippen LogP contribution is 2.42. The summed E-state index contributed by atoms with van der Waals surface area (Å²) in [4.78, 5) is -0.154. The van der Waals surface area contributed by atoms with Crippen LogP contribution >= 0.6 is 66.7 Å². The molecule has 0 saturated carbocycles. The fourth-order valence-electron chi connectivity index (χ4n) is 1.77. The summed E-state index contributed by atoms with van der Waals surface area (Å²) in [5.74, 6) is 0.544. The lowest BCUT2D eigenvalue weighted by Crippen LogP contribution is -1.96. The summed E-state index contributed by atoms with van der Waals surface area (Å²) < 4.78 is 6.06. The van der Waals surface area contributed by atoms with Crippen molar-refractivity contribution in [1.29, 1.82) is 0 Å². The first-order valence-corrected chi connectivity index (χ1v) is 8.40. The Bertz CT molecular complexity index is 647. The minimum absolute atomic E-state index is 0.154. The van der Waals surface area contributed by atoms with Crippen LogP contribution < -0.4 is 4.74 Å². The third-order valence-corrected chi connectivity index (χ3v) is 5.21. The van der Waals surface area contributed by atoms with Crippen molar-refractivity contribution >= 4 is 66.7 Å². The number of hydrogen-bond acceptors (Lipinski definition) is 1. The average molecular weight is 459 g/mol. The highest BCUT2D eigenvalue weighted by molar-refractivity contribution is 9.10. The van der Waals surface area contributed by atoms with E-state index in [2.05, 4.69) is 31.9 Å². The van der Waals surface area contributed by atoms with Crippen LogP contribution in [0.2, 0.25) is 15.1 Å². The molecule has 1 nitrogen and oxygen atoms in total. The summed E-state index contributed by atoms with van der Waals surface area (Å²) in [6, 6.07) is 9.17. The van der Waals surface area contributed by atoms with Crippen LogP contribution in [0, 0.1) is 0 Å². The standard InChI is InChI=1S/C14H9Br2Cl3O/c1-20-13-6-11(18)9(5-12(13)19)14(16)8-3-2-7(15)4-10(8)17/h2-6,14H,1H3. The Hall–Kier alpha value is 0.0700. The predicted molar refractivity (Wildman–Crippen MR) is 92.9 cm³/mol. The van der Waals surface area contributed by atoms with E-state index in [1.807, 2.05) is 18.2 Å². The van der Waals surface area contributed by atoms with Gasteiger partial charge in [-0.25, -0.2) is 0 Å². The van der Waals surface area contributed by atoms with Gasteiger partial charge in [-0.1, -0.05) is 72.7 Å². The molecule has 0 saturated heterocycles. The Balaban J connectivity index is 2.48. The van der Waals surface area contributed by atoms with E-state index in [0.29, 0.717) is 20.8 Å². The molecule has 0 aliphatic carbocycles. The second kappa shape index (κ2) is 6.89. The van der Waals surface area contributed by atoms with E-state index in [0.717, 1.165) is 15.6 Å². The van der Waals surface area contributed by atoms with Crippen LogP contribution in [0.1, 0.15) is 16.0 Å². The summed E-state index contributed by atoms with van der Waals surface area (Å²) in [5, 5.41) is 1.71. The van der Waals surface area contributed by atoms with Crippen molar-refractivity contribution in [1.82, 2.24) is 0 Å². The fourth-order valence-corrected chi connectivity index (χ4v) is 4.11. The highest BCUT2D eigenvalue weighted by atomic mass is 79.9. The zero-order valence-electron chi connectivity index (χ0n) is 10.3. The number of halogens is 5. The van der Waals surface area contributed by atoms with Gasteiger partial charge in [0.15, 0.2) is 0 Å². The lowest BCUT2D eigenvalue weighted by atomic mass is 10.0. The second-order valence-corrected chi connectivity index (χ2v) is 7.09. The summed E-state index contributed by atoms with van der Waals surface area (Å²) in [6.07, 6.45) is 0. The smallest absolute Gasteiger partial charge is 0.138 e. The van der Waals surface area contributed by atoms with E-state index < -0.39 is 0 Å².